The van der Waals surface area contributed by atoms with Gasteiger partial charge in [0.1, 0.15) is 0 Å². The van der Waals surface area contributed by atoms with Crippen molar-refractivity contribution in [2.24, 2.45) is 0 Å². The van der Waals surface area contributed by atoms with Gasteiger partial charge < -0.3 is 15.1 Å². The minimum absolute atomic E-state index is 0.0276. The van der Waals surface area contributed by atoms with E-state index >= 15 is 0 Å². The van der Waals surface area contributed by atoms with Crippen LogP contribution in [0.15, 0.2) is 54.6 Å². The van der Waals surface area contributed by atoms with E-state index in [2.05, 4.69) is 34.5 Å². The van der Waals surface area contributed by atoms with Gasteiger partial charge in [-0.25, -0.2) is 0 Å². The van der Waals surface area contributed by atoms with Crippen molar-refractivity contribution in [3.05, 3.63) is 71.3 Å². The highest BCUT2D eigenvalue weighted by atomic mass is 16.2. The molecule has 0 unspecified atom stereocenters. The lowest BCUT2D eigenvalue weighted by Gasteiger charge is -2.29. The molecular formula is C26H31N3O2. The van der Waals surface area contributed by atoms with Gasteiger partial charge in [0.25, 0.3) is 5.91 Å². The Morgan fingerprint density at radius 1 is 1.00 bits per heavy atom. The van der Waals surface area contributed by atoms with E-state index in [0.29, 0.717) is 18.2 Å². The number of benzene rings is 2. The second kappa shape index (κ2) is 9.82. The number of nitrogens with zero attached hydrogens (tertiary/aromatic N) is 2. The maximum Gasteiger partial charge on any atom is 0.251 e. The zero-order valence-electron chi connectivity index (χ0n) is 18.2. The largest absolute Gasteiger partial charge is 0.372 e. The van der Waals surface area contributed by atoms with Gasteiger partial charge in [0.05, 0.1) is 0 Å². The minimum atomic E-state index is -0.0457. The standard InChI is InChI=1S/C26H31N3O2/c1-28(19-21-7-14-24(15-8-21)29-17-3-2-4-18-29)25(30)16-9-20-5-10-22(11-6-20)26(31)27-23-12-13-23/h5-11,14-16,23H,2-4,12-13,17-19H2,1H3,(H,27,31)/b16-9+. The summed E-state index contributed by atoms with van der Waals surface area (Å²) >= 11 is 0. The van der Waals surface area contributed by atoms with Crippen molar-refractivity contribution in [2.45, 2.75) is 44.7 Å². The predicted molar refractivity (Wildman–Crippen MR) is 125 cm³/mol. The summed E-state index contributed by atoms with van der Waals surface area (Å²) in [5, 5.41) is 2.98. The van der Waals surface area contributed by atoms with Crippen molar-refractivity contribution in [2.75, 3.05) is 25.0 Å². The van der Waals surface area contributed by atoms with E-state index in [1.807, 2.05) is 19.2 Å². The molecule has 1 saturated heterocycles. The summed E-state index contributed by atoms with van der Waals surface area (Å²) in [6.45, 7) is 2.84. The molecule has 5 nitrogen and oxygen atoms in total. The first-order valence-electron chi connectivity index (χ1n) is 11.3. The second-order valence-corrected chi connectivity index (χ2v) is 8.61. The molecule has 2 fully saturated rings. The van der Waals surface area contributed by atoms with Gasteiger partial charge in [-0.2, -0.15) is 0 Å². The number of carbonyl (C=O) groups is 2. The summed E-state index contributed by atoms with van der Waals surface area (Å²) in [7, 11) is 1.82. The van der Waals surface area contributed by atoms with Crippen LogP contribution in [-0.4, -0.2) is 42.9 Å². The maximum atomic E-state index is 12.5. The molecule has 1 N–H and O–H groups in total. The Balaban J connectivity index is 1.28. The first-order valence-corrected chi connectivity index (χ1v) is 11.3. The van der Waals surface area contributed by atoms with Gasteiger partial charge in [-0.1, -0.05) is 24.3 Å². The van der Waals surface area contributed by atoms with Gasteiger partial charge in [-0.05, 0) is 73.6 Å². The van der Waals surface area contributed by atoms with Crippen LogP contribution < -0.4 is 10.2 Å². The Morgan fingerprint density at radius 3 is 2.32 bits per heavy atom. The fourth-order valence-corrected chi connectivity index (χ4v) is 3.85. The number of hydrogen-bond acceptors (Lipinski definition) is 3. The number of carbonyl (C=O) groups excluding carboxylic acids is 2. The lowest BCUT2D eigenvalue weighted by Crippen LogP contribution is -2.29. The Bertz CT molecular complexity index is 924. The highest BCUT2D eigenvalue weighted by Crippen LogP contribution is 2.21. The zero-order valence-corrected chi connectivity index (χ0v) is 18.2. The summed E-state index contributed by atoms with van der Waals surface area (Å²) in [5.41, 5.74) is 3.94. The van der Waals surface area contributed by atoms with E-state index in [-0.39, 0.29) is 11.8 Å². The molecule has 31 heavy (non-hydrogen) atoms. The molecule has 2 aliphatic rings. The minimum Gasteiger partial charge on any atom is -0.372 e. The molecule has 0 spiro atoms. The average Bonchev–Trinajstić information content (AvgIpc) is 3.63. The van der Waals surface area contributed by atoms with Crippen LogP contribution in [0.2, 0.25) is 0 Å². The molecule has 1 heterocycles. The summed E-state index contributed by atoms with van der Waals surface area (Å²) in [4.78, 5) is 28.7. The summed E-state index contributed by atoms with van der Waals surface area (Å²) in [5.74, 6) is -0.0733. The Morgan fingerprint density at radius 2 is 1.68 bits per heavy atom. The van der Waals surface area contributed by atoms with Gasteiger partial charge in [-0.15, -0.1) is 0 Å². The predicted octanol–water partition coefficient (Wildman–Crippen LogP) is 4.24. The van der Waals surface area contributed by atoms with Gasteiger partial charge in [-0.3, -0.25) is 9.59 Å². The number of piperidine rings is 1. The van der Waals surface area contributed by atoms with Gasteiger partial charge in [0.2, 0.25) is 5.91 Å². The molecule has 2 aromatic rings. The molecule has 1 aliphatic carbocycles. The highest BCUT2D eigenvalue weighted by molar-refractivity contribution is 5.95. The molecule has 0 bridgehead atoms. The Hall–Kier alpha value is -3.08. The molecule has 0 aromatic heterocycles. The molecule has 2 amide bonds. The first kappa shape index (κ1) is 21.2. The van der Waals surface area contributed by atoms with Gasteiger partial charge in [0.15, 0.2) is 0 Å². The Labute approximate surface area is 184 Å². The number of rotatable bonds is 7. The molecule has 162 valence electrons. The van der Waals surface area contributed by atoms with Crippen LogP contribution in [0, 0.1) is 0 Å². The fourth-order valence-electron chi connectivity index (χ4n) is 3.85. The lowest BCUT2D eigenvalue weighted by atomic mass is 10.1. The van der Waals surface area contributed by atoms with Crippen molar-refractivity contribution in [1.82, 2.24) is 10.2 Å². The number of hydrogen-bond donors (Lipinski definition) is 1. The third kappa shape index (κ3) is 5.97. The van der Waals surface area contributed by atoms with E-state index in [0.717, 1.165) is 37.1 Å². The van der Waals surface area contributed by atoms with Crippen LogP contribution in [0.4, 0.5) is 5.69 Å². The fraction of sp³-hybridized carbons (Fsp3) is 0.385. The molecule has 1 saturated carbocycles. The van der Waals surface area contributed by atoms with Crippen LogP contribution in [0.5, 0.6) is 0 Å². The number of amides is 2. The van der Waals surface area contributed by atoms with E-state index in [4.69, 9.17) is 0 Å². The number of nitrogens with one attached hydrogen (secondary N) is 1. The first-order chi connectivity index (χ1) is 15.1. The molecule has 0 atom stereocenters. The smallest absolute Gasteiger partial charge is 0.251 e. The monoisotopic (exact) mass is 417 g/mol. The normalized spacial score (nSPS) is 16.4. The molecule has 0 radical (unpaired) electrons. The van der Waals surface area contributed by atoms with Gasteiger partial charge >= 0.3 is 0 Å². The molecular weight excluding hydrogens is 386 g/mol. The quantitative estimate of drug-likeness (QED) is 0.686. The lowest BCUT2D eigenvalue weighted by molar-refractivity contribution is -0.125. The Kier molecular flexibility index (Phi) is 6.70. The van der Waals surface area contributed by atoms with Crippen molar-refractivity contribution < 1.29 is 9.59 Å². The third-order valence-electron chi connectivity index (χ3n) is 5.96. The van der Waals surface area contributed by atoms with Crippen LogP contribution in [0.25, 0.3) is 6.08 Å². The molecule has 1 aliphatic heterocycles. The second-order valence-electron chi connectivity index (χ2n) is 8.61. The van der Waals surface area contributed by atoms with E-state index < -0.39 is 0 Å². The van der Waals surface area contributed by atoms with E-state index in [9.17, 15) is 9.59 Å². The van der Waals surface area contributed by atoms with Crippen molar-refractivity contribution in [3.8, 4) is 0 Å². The highest BCUT2D eigenvalue weighted by Gasteiger charge is 2.23. The SMILES string of the molecule is CN(Cc1ccc(N2CCCCC2)cc1)C(=O)/C=C/c1ccc(C(=O)NC2CC2)cc1. The van der Waals surface area contributed by atoms with Crippen LogP contribution in [-0.2, 0) is 11.3 Å². The molecule has 4 rings (SSSR count). The van der Waals surface area contributed by atoms with Crippen LogP contribution >= 0.6 is 0 Å². The van der Waals surface area contributed by atoms with E-state index in [1.165, 1.54) is 24.9 Å². The average molecular weight is 418 g/mol. The molecule has 5 heteroatoms. The van der Waals surface area contributed by atoms with Crippen LogP contribution in [0.1, 0.15) is 53.6 Å². The van der Waals surface area contributed by atoms with Crippen LogP contribution in [0.3, 0.4) is 0 Å². The number of likely N-dealkylation sites (N-methyl/N-ethyl adjacent to an activating group) is 1. The van der Waals surface area contributed by atoms with Crippen molar-refractivity contribution in [3.63, 3.8) is 0 Å². The summed E-state index contributed by atoms with van der Waals surface area (Å²) in [6, 6.07) is 16.2. The molecule has 2 aromatic carbocycles. The topological polar surface area (TPSA) is 52.7 Å². The van der Waals surface area contributed by atoms with Crippen molar-refractivity contribution in [1.29, 1.82) is 0 Å². The zero-order chi connectivity index (χ0) is 21.6. The van der Waals surface area contributed by atoms with E-state index in [1.54, 1.807) is 29.2 Å². The summed E-state index contributed by atoms with van der Waals surface area (Å²) < 4.78 is 0. The van der Waals surface area contributed by atoms with Gasteiger partial charge in [0, 0.05) is 50.1 Å². The van der Waals surface area contributed by atoms with Crippen molar-refractivity contribution >= 4 is 23.6 Å². The summed E-state index contributed by atoms with van der Waals surface area (Å²) in [6.07, 6.45) is 9.39. The number of anilines is 1. The maximum absolute atomic E-state index is 12.5. The third-order valence-corrected chi connectivity index (χ3v) is 5.96.